The second-order valence-electron chi connectivity index (χ2n) is 17.7. The van der Waals surface area contributed by atoms with Crippen LogP contribution in [0.5, 0.6) is 0 Å². The molecular formula is C47H78N16O11. The second-order valence-corrected chi connectivity index (χ2v) is 17.7. The number of guanidine groups is 1. The Morgan fingerprint density at radius 1 is 0.824 bits per heavy atom. The minimum absolute atomic E-state index is 0.0447. The van der Waals surface area contributed by atoms with Crippen LogP contribution in [0.2, 0.25) is 0 Å². The number of aliphatic carboxylic acids is 1. The van der Waals surface area contributed by atoms with Gasteiger partial charge in [0.2, 0.25) is 35.4 Å². The maximum atomic E-state index is 14.2. The number of rotatable bonds is 33. The van der Waals surface area contributed by atoms with Crippen molar-refractivity contribution in [3.63, 3.8) is 0 Å². The molecule has 0 saturated carbocycles. The van der Waals surface area contributed by atoms with Gasteiger partial charge in [-0.3, -0.25) is 43.3 Å². The normalized spacial score (nSPS) is 16.1. The number of aliphatic hydroxyl groups excluding tert-OH is 1. The van der Waals surface area contributed by atoms with Gasteiger partial charge in [-0.25, -0.2) is 9.79 Å². The number of nitrogens with zero attached hydrogens (tertiary/aromatic N) is 3. The molecule has 1 fully saturated rings. The van der Waals surface area contributed by atoms with Crippen molar-refractivity contribution in [2.45, 2.75) is 133 Å². The Kier molecular flexibility index (Phi) is 28.8. The minimum Gasteiger partial charge on any atom is -0.477 e. The van der Waals surface area contributed by atoms with Gasteiger partial charge >= 0.3 is 5.97 Å². The van der Waals surface area contributed by atoms with E-state index in [2.05, 4.69) is 41.9 Å². The maximum absolute atomic E-state index is 14.2. The van der Waals surface area contributed by atoms with Crippen LogP contribution in [0, 0.1) is 6.92 Å². The number of unbranched alkanes of at least 4 members (excludes halogenated alkanes) is 2. The molecule has 7 atom stereocenters. The lowest BCUT2D eigenvalue weighted by Gasteiger charge is -2.28. The highest BCUT2D eigenvalue weighted by Crippen LogP contribution is 2.20. The van der Waals surface area contributed by atoms with Crippen molar-refractivity contribution < 1.29 is 53.4 Å². The quantitative estimate of drug-likeness (QED) is 0.0136. The van der Waals surface area contributed by atoms with Crippen LogP contribution in [0.3, 0.4) is 0 Å². The lowest BCUT2D eigenvalue weighted by Crippen LogP contribution is -2.60. The summed E-state index contributed by atoms with van der Waals surface area (Å²) in [6, 6.07) is -0.445. The zero-order valence-electron chi connectivity index (χ0n) is 42.3. The largest absolute Gasteiger partial charge is 0.477 e. The molecule has 0 aromatic heterocycles. The van der Waals surface area contributed by atoms with Crippen LogP contribution in [-0.2, 0) is 49.6 Å². The van der Waals surface area contributed by atoms with E-state index in [1.807, 2.05) is 19.1 Å². The molecule has 1 heterocycles. The number of hydrogen-bond acceptors (Lipinski definition) is 16. The first kappa shape index (κ1) is 63.2. The number of hydrogen-bond donors (Lipinski definition) is 15. The molecule has 412 valence electrons. The summed E-state index contributed by atoms with van der Waals surface area (Å²) in [6.45, 7) is 2.88. The SMILES string of the molecule is Cc1cccc(C[C@H](NC(=O)[C@@H]2CCCN2C(=O)C(CCCN)=NC(=O)CNC(=O)[C@H](C)NC(=O)[C@@H](NC(=O)[C@@H](N)CCCCN)[C@@H](O)CN)C(=O)N[C@@H](CCCCN)C(=O)N/C(=C\CCN=C(N)N)C(=O)O)c1. The third kappa shape index (κ3) is 22.5. The van der Waals surface area contributed by atoms with Gasteiger partial charge in [0.05, 0.1) is 18.7 Å². The number of nitrogens with two attached hydrogens (primary N) is 7. The highest BCUT2D eigenvalue weighted by molar-refractivity contribution is 6.40. The zero-order chi connectivity index (χ0) is 55.3. The highest BCUT2D eigenvalue weighted by Gasteiger charge is 2.38. The summed E-state index contributed by atoms with van der Waals surface area (Å²) in [5, 5.41) is 35.1. The predicted octanol–water partition coefficient (Wildman–Crippen LogP) is -5.04. The molecule has 0 aliphatic carbocycles. The molecule has 2 rings (SSSR count). The Hall–Kier alpha value is -6.91. The summed E-state index contributed by atoms with van der Waals surface area (Å²) < 4.78 is 0. The fourth-order valence-electron chi connectivity index (χ4n) is 7.58. The smallest absolute Gasteiger partial charge is 0.352 e. The van der Waals surface area contributed by atoms with E-state index < -0.39 is 114 Å². The molecule has 0 bridgehead atoms. The number of aliphatic hydroxyl groups is 1. The maximum Gasteiger partial charge on any atom is 0.352 e. The third-order valence-corrected chi connectivity index (χ3v) is 11.6. The molecule has 22 N–H and O–H groups in total. The van der Waals surface area contributed by atoms with E-state index in [0.29, 0.717) is 44.2 Å². The molecule has 1 saturated heterocycles. The van der Waals surface area contributed by atoms with Crippen LogP contribution in [0.1, 0.15) is 88.7 Å². The number of aliphatic imine (C=N–C) groups is 2. The van der Waals surface area contributed by atoms with Gasteiger partial charge in [0, 0.05) is 26.1 Å². The van der Waals surface area contributed by atoms with Crippen molar-refractivity contribution >= 4 is 64.9 Å². The molecule has 27 nitrogen and oxygen atoms in total. The van der Waals surface area contributed by atoms with Crippen LogP contribution in [0.15, 0.2) is 46.0 Å². The molecule has 0 spiro atoms. The van der Waals surface area contributed by atoms with Crippen molar-refractivity contribution in [1.29, 1.82) is 0 Å². The summed E-state index contributed by atoms with van der Waals surface area (Å²) in [5.74, 6) is -8.26. The average Bonchev–Trinajstić information content (AvgIpc) is 3.86. The molecule has 74 heavy (non-hydrogen) atoms. The highest BCUT2D eigenvalue weighted by atomic mass is 16.4. The number of amides is 8. The Labute approximate surface area is 430 Å². The van der Waals surface area contributed by atoms with Gasteiger partial charge in [0.25, 0.3) is 11.8 Å². The van der Waals surface area contributed by atoms with Gasteiger partial charge in [-0.15, -0.1) is 0 Å². The number of carboxylic acids is 1. The van der Waals surface area contributed by atoms with Crippen LogP contribution in [0.4, 0.5) is 0 Å². The Morgan fingerprint density at radius 2 is 1.50 bits per heavy atom. The fourth-order valence-corrected chi connectivity index (χ4v) is 7.58. The summed E-state index contributed by atoms with van der Waals surface area (Å²) in [5.41, 5.74) is 39.9. The lowest BCUT2D eigenvalue weighted by molar-refractivity contribution is -0.137. The van der Waals surface area contributed by atoms with Crippen molar-refractivity contribution in [1.82, 2.24) is 36.8 Å². The first-order chi connectivity index (χ1) is 35.2. The van der Waals surface area contributed by atoms with E-state index in [1.165, 1.54) is 17.9 Å². The lowest BCUT2D eigenvalue weighted by atomic mass is 10.0. The Balaban J connectivity index is 2.30. The first-order valence-electron chi connectivity index (χ1n) is 24.7. The Bertz CT molecular complexity index is 2170. The standard InChI is InChI=1S/C47H78N16O11/c1-27-11-7-12-29(23-27)24-34(42(69)59-31(14-4-6-19-49)41(68)60-33(46(73)74)16-9-21-55-47(53)54)61-43(70)35-17-10-22-63(35)45(72)32(15-8-20-50)58-37(65)26-56-39(66)28(2)57-44(71)38(36(64)25-51)62-40(67)30(52)13-3-5-18-48/h7,11-12,16,23,28,30-31,34-36,38,64H,3-6,8-10,13-15,17-22,24-26,48-52H2,1-2H3,(H,56,66)(H,57,71)(H,59,69)(H,60,68)(H,61,70)(H,62,67)(H,73,74)(H4,53,54,55)/b33-16-,58-32?/t28-,30-,31-,34-,35-,36-,38-/m0/s1. The van der Waals surface area contributed by atoms with Gasteiger partial charge < -0.3 is 87.1 Å². The number of carboxylic acid groups (broad SMARTS) is 1. The number of likely N-dealkylation sites (tertiary alicyclic amines) is 1. The van der Waals surface area contributed by atoms with Crippen molar-refractivity contribution in [2.24, 2.45) is 50.1 Å². The number of carbonyl (C=O) groups is 9. The number of benzene rings is 1. The number of aryl methyl sites for hydroxylation is 1. The second kappa shape index (κ2) is 33.7. The van der Waals surface area contributed by atoms with E-state index in [4.69, 9.17) is 40.1 Å². The molecular weight excluding hydrogens is 965 g/mol. The van der Waals surface area contributed by atoms with Gasteiger partial charge in [-0.2, -0.15) is 0 Å². The molecule has 1 aromatic rings. The number of carbonyl (C=O) groups excluding carboxylic acids is 8. The monoisotopic (exact) mass is 1040 g/mol. The van der Waals surface area contributed by atoms with Crippen molar-refractivity contribution in [3.05, 3.63) is 47.2 Å². The van der Waals surface area contributed by atoms with Crippen molar-refractivity contribution in [3.8, 4) is 0 Å². The predicted molar refractivity (Wildman–Crippen MR) is 275 cm³/mol. The molecule has 8 amide bonds. The van der Waals surface area contributed by atoms with E-state index in [1.54, 1.807) is 12.1 Å². The van der Waals surface area contributed by atoms with E-state index in [-0.39, 0.29) is 82.8 Å². The van der Waals surface area contributed by atoms with Gasteiger partial charge in [0.1, 0.15) is 41.6 Å². The van der Waals surface area contributed by atoms with Crippen LogP contribution in [-0.4, -0.2) is 168 Å². The average molecular weight is 1040 g/mol. The summed E-state index contributed by atoms with van der Waals surface area (Å²) in [4.78, 5) is 129. The van der Waals surface area contributed by atoms with Crippen molar-refractivity contribution in [2.75, 3.05) is 45.8 Å². The molecule has 1 aromatic carbocycles. The third-order valence-electron chi connectivity index (χ3n) is 11.6. The minimum atomic E-state index is -1.57. The molecule has 0 unspecified atom stereocenters. The molecule has 0 radical (unpaired) electrons. The van der Waals surface area contributed by atoms with E-state index in [0.717, 1.165) is 5.56 Å². The van der Waals surface area contributed by atoms with Gasteiger partial charge in [0.15, 0.2) is 5.96 Å². The first-order valence-corrected chi connectivity index (χ1v) is 24.7. The van der Waals surface area contributed by atoms with Gasteiger partial charge in [-0.1, -0.05) is 42.3 Å². The van der Waals surface area contributed by atoms with Crippen LogP contribution in [0.25, 0.3) is 0 Å². The molecule has 1 aliphatic rings. The summed E-state index contributed by atoms with van der Waals surface area (Å²) in [7, 11) is 0. The van der Waals surface area contributed by atoms with E-state index in [9.17, 15) is 53.4 Å². The van der Waals surface area contributed by atoms with E-state index >= 15 is 0 Å². The fraction of sp³-hybridized carbons (Fsp3) is 0.596. The summed E-state index contributed by atoms with van der Waals surface area (Å²) in [6.07, 6.45) is 2.69. The Morgan fingerprint density at radius 3 is 2.12 bits per heavy atom. The van der Waals surface area contributed by atoms with Crippen LogP contribution < -0.4 is 72.0 Å². The number of nitrogens with one attached hydrogen (secondary N) is 6. The van der Waals surface area contributed by atoms with Crippen LogP contribution >= 0.6 is 0 Å². The topological polar surface area (TPSA) is 476 Å². The summed E-state index contributed by atoms with van der Waals surface area (Å²) >= 11 is 0. The zero-order valence-corrected chi connectivity index (χ0v) is 42.3. The molecule has 27 heteroatoms. The molecule has 1 aliphatic heterocycles. The van der Waals surface area contributed by atoms with Gasteiger partial charge in [-0.05, 0) is 103 Å².